The lowest BCUT2D eigenvalue weighted by molar-refractivity contribution is -0.0340. The molecule has 2 saturated carbocycles. The van der Waals surface area contributed by atoms with Crippen LogP contribution in [0.25, 0.3) is 33.5 Å². The highest BCUT2D eigenvalue weighted by atomic mass is 16.3. The summed E-state index contributed by atoms with van der Waals surface area (Å²) in [4.78, 5) is 18.4. The van der Waals surface area contributed by atoms with Gasteiger partial charge in [0.15, 0.2) is 0 Å². The van der Waals surface area contributed by atoms with Gasteiger partial charge in [0.25, 0.3) is 0 Å². The predicted molar refractivity (Wildman–Crippen MR) is 241 cm³/mol. The van der Waals surface area contributed by atoms with Crippen molar-refractivity contribution in [1.82, 2.24) is 28.7 Å². The largest absolute Gasteiger partial charge is 0.390 e. The highest BCUT2D eigenvalue weighted by Gasteiger charge is 2.43. The van der Waals surface area contributed by atoms with E-state index in [2.05, 4.69) is 9.97 Å². The minimum absolute atomic E-state index is 0.177. The Hall–Kier alpha value is -6.44. The second-order valence-electron chi connectivity index (χ2n) is 17.9. The van der Waals surface area contributed by atoms with Gasteiger partial charge < -0.3 is 31.9 Å². The molecule has 8 aromatic rings. The summed E-state index contributed by atoms with van der Waals surface area (Å²) in [7, 11) is 0. The molecule has 2 atom stereocenters. The summed E-state index contributed by atoms with van der Waals surface area (Å²) >= 11 is 0. The molecule has 0 unspecified atom stereocenters. The number of aliphatic hydroxyl groups is 4. The third-order valence-electron chi connectivity index (χ3n) is 12.8. The fourth-order valence-electron chi connectivity index (χ4n) is 9.29. The summed E-state index contributed by atoms with van der Waals surface area (Å²) in [5, 5.41) is 42.6. The Morgan fingerprint density at radius 2 is 0.855 bits per heavy atom. The van der Waals surface area contributed by atoms with Gasteiger partial charge in [-0.2, -0.15) is 0 Å². The fraction of sp³-hybridized carbons (Fsp3) is 0.280. The molecule has 12 nitrogen and oxygen atoms in total. The molecule has 4 aromatic carbocycles. The summed E-state index contributed by atoms with van der Waals surface area (Å²) in [6.07, 6.45) is 9.79. The van der Waals surface area contributed by atoms with E-state index in [1.54, 1.807) is 26.2 Å². The maximum absolute atomic E-state index is 11.1. The van der Waals surface area contributed by atoms with E-state index in [0.717, 1.165) is 67.5 Å². The topological polar surface area (TPSA) is 193 Å². The third kappa shape index (κ3) is 7.38. The van der Waals surface area contributed by atoms with Crippen LogP contribution in [0.1, 0.15) is 99.1 Å². The number of fused-ring (bicyclic) bond motifs is 2. The summed E-state index contributed by atoms with van der Waals surface area (Å²) < 4.78 is 3.98. The molecule has 0 bridgehead atoms. The number of hydrogen-bond acceptors (Lipinski definition) is 10. The minimum atomic E-state index is -1.10. The average Bonchev–Trinajstić information content (AvgIpc) is 3.84. The number of anilines is 2. The van der Waals surface area contributed by atoms with Crippen molar-refractivity contribution in [1.29, 1.82) is 0 Å². The van der Waals surface area contributed by atoms with E-state index >= 15 is 0 Å². The van der Waals surface area contributed by atoms with Crippen molar-refractivity contribution in [3.63, 3.8) is 0 Å². The lowest BCUT2D eigenvalue weighted by Gasteiger charge is -2.40. The van der Waals surface area contributed by atoms with E-state index in [4.69, 9.17) is 21.4 Å². The molecule has 8 N–H and O–H groups in total. The minimum Gasteiger partial charge on any atom is -0.390 e. The zero-order chi connectivity index (χ0) is 43.6. The quantitative estimate of drug-likeness (QED) is 0.0883. The first kappa shape index (κ1) is 40.9. The molecule has 2 fully saturated rings. The second kappa shape index (κ2) is 15.2. The van der Waals surface area contributed by atoms with Crippen LogP contribution < -0.4 is 11.5 Å². The van der Waals surface area contributed by atoms with Crippen LogP contribution in [0.2, 0.25) is 0 Å². The maximum atomic E-state index is 11.1. The standard InChI is InChI=1S/2C25H26N4O2/c2*1-24(30)14-17(15-24)23-28-20(21-22(26)27-12-13-29(21)23)16-8-10-19(11-9-16)25(2,31)18-6-4-3-5-7-18/h2*3-13,17,30-31H,14-15H2,1-2H3,(H2,26,27)/t2*17?,24?,25-/m10/s1. The number of rotatable bonds is 8. The maximum Gasteiger partial charge on any atom is 0.150 e. The monoisotopic (exact) mass is 828 g/mol. The number of nitrogens with zero attached hydrogens (tertiary/aromatic N) is 6. The molecule has 0 aliphatic heterocycles. The van der Waals surface area contributed by atoms with Crippen LogP contribution in [0.3, 0.4) is 0 Å². The average molecular weight is 829 g/mol. The molecule has 0 amide bonds. The van der Waals surface area contributed by atoms with Gasteiger partial charge in [0.05, 0.1) is 11.2 Å². The van der Waals surface area contributed by atoms with Crippen LogP contribution in [-0.2, 0) is 11.2 Å². The highest BCUT2D eigenvalue weighted by Crippen LogP contribution is 2.47. The van der Waals surface area contributed by atoms with Crippen LogP contribution in [0.5, 0.6) is 0 Å². The molecule has 4 aromatic heterocycles. The van der Waals surface area contributed by atoms with Crippen molar-refractivity contribution in [3.8, 4) is 22.5 Å². The zero-order valence-electron chi connectivity index (χ0n) is 35.3. The van der Waals surface area contributed by atoms with Gasteiger partial charge in [0, 0.05) is 47.8 Å². The highest BCUT2D eigenvalue weighted by molar-refractivity contribution is 5.86. The summed E-state index contributed by atoms with van der Waals surface area (Å²) in [6.45, 7) is 7.30. The Bertz CT molecular complexity index is 2670. The lowest BCUT2D eigenvalue weighted by atomic mass is 9.72. The van der Waals surface area contributed by atoms with E-state index in [9.17, 15) is 20.4 Å². The molecule has 0 saturated heterocycles. The zero-order valence-corrected chi connectivity index (χ0v) is 35.3. The second-order valence-corrected chi connectivity index (χ2v) is 17.9. The summed E-state index contributed by atoms with van der Waals surface area (Å²) in [6, 6.07) is 34.8. The van der Waals surface area contributed by atoms with Crippen LogP contribution in [0, 0.1) is 0 Å². The van der Waals surface area contributed by atoms with E-state index in [0.29, 0.717) is 37.3 Å². The Kier molecular flexibility index (Phi) is 10.0. The van der Waals surface area contributed by atoms with E-state index in [1.807, 2.05) is 144 Å². The van der Waals surface area contributed by atoms with Crippen molar-refractivity contribution >= 4 is 22.7 Å². The van der Waals surface area contributed by atoms with Gasteiger partial charge >= 0.3 is 0 Å². The molecule has 10 rings (SSSR count). The number of aromatic nitrogens is 6. The Labute approximate surface area is 360 Å². The van der Waals surface area contributed by atoms with Crippen molar-refractivity contribution < 1.29 is 20.4 Å². The third-order valence-corrected chi connectivity index (χ3v) is 12.8. The van der Waals surface area contributed by atoms with Gasteiger partial charge in [0.2, 0.25) is 0 Å². The first-order valence-corrected chi connectivity index (χ1v) is 21.0. The number of imidazole rings is 2. The van der Waals surface area contributed by atoms with Crippen LogP contribution in [0.4, 0.5) is 11.6 Å². The van der Waals surface area contributed by atoms with Crippen molar-refractivity contribution in [2.24, 2.45) is 0 Å². The Morgan fingerprint density at radius 1 is 0.532 bits per heavy atom. The van der Waals surface area contributed by atoms with Gasteiger partial charge in [-0.25, -0.2) is 19.9 Å². The van der Waals surface area contributed by atoms with E-state index < -0.39 is 22.4 Å². The molecule has 0 radical (unpaired) electrons. The normalized spacial score (nSPS) is 22.8. The fourth-order valence-corrected chi connectivity index (χ4v) is 9.29. The SMILES string of the molecule is CC1(O)CC(c2nc(-c3ccc([C@@](C)(O)c4ccccc4)cc3)c3c(N)nccn23)C1.CC1(O)CC(c2nc(-c3ccc([C@](C)(O)c4ccccc4)cc3)c3c(N)nccn23)C1. The first-order valence-electron chi connectivity index (χ1n) is 21.0. The van der Waals surface area contributed by atoms with Gasteiger partial charge in [-0.3, -0.25) is 8.80 Å². The van der Waals surface area contributed by atoms with Crippen molar-refractivity contribution in [3.05, 3.63) is 168 Å². The smallest absolute Gasteiger partial charge is 0.150 e. The van der Waals surface area contributed by atoms with Gasteiger partial charge in [-0.05, 0) is 75.6 Å². The van der Waals surface area contributed by atoms with Gasteiger partial charge in [-0.1, -0.05) is 109 Å². The molecule has 2 aliphatic carbocycles. The summed E-state index contributed by atoms with van der Waals surface area (Å²) in [5.74, 6) is 2.98. The number of nitrogens with two attached hydrogens (primary N) is 2. The van der Waals surface area contributed by atoms with Crippen LogP contribution >= 0.6 is 0 Å². The van der Waals surface area contributed by atoms with Crippen molar-refractivity contribution in [2.75, 3.05) is 11.5 Å². The summed E-state index contributed by atoms with van der Waals surface area (Å²) in [5.41, 5.74) is 17.1. The van der Waals surface area contributed by atoms with Crippen LogP contribution in [0.15, 0.2) is 134 Å². The molecule has 2 aliphatic rings. The van der Waals surface area contributed by atoms with Crippen LogP contribution in [-0.4, -0.2) is 60.4 Å². The molecule has 0 spiro atoms. The first-order chi connectivity index (χ1) is 29.5. The van der Waals surface area contributed by atoms with Gasteiger partial charge in [-0.15, -0.1) is 0 Å². The van der Waals surface area contributed by atoms with Gasteiger partial charge in [0.1, 0.15) is 56.9 Å². The molecule has 4 heterocycles. The number of hydrogen-bond donors (Lipinski definition) is 6. The van der Waals surface area contributed by atoms with E-state index in [-0.39, 0.29) is 11.8 Å². The molecule has 62 heavy (non-hydrogen) atoms. The Balaban J connectivity index is 0.000000158. The van der Waals surface area contributed by atoms with E-state index in [1.165, 1.54) is 0 Å². The molecule has 12 heteroatoms. The molecular formula is C50H52N8O4. The van der Waals surface area contributed by atoms with Crippen molar-refractivity contribution in [2.45, 2.75) is 87.6 Å². The molecular weight excluding hydrogens is 777 g/mol. The predicted octanol–water partition coefficient (Wildman–Crippen LogP) is 7.73. The lowest BCUT2D eigenvalue weighted by Crippen LogP contribution is -2.40. The number of nitrogen functional groups attached to an aromatic ring is 2. The Morgan fingerprint density at radius 3 is 1.18 bits per heavy atom. The number of benzene rings is 4. The molecule has 316 valence electrons.